The van der Waals surface area contributed by atoms with Gasteiger partial charge in [0, 0.05) is 6.08 Å². The fraction of sp³-hybridized carbons (Fsp3) is 0. The number of rotatable bonds is 4. The predicted octanol–water partition coefficient (Wildman–Crippen LogP) is 3.70. The van der Waals surface area contributed by atoms with Crippen molar-refractivity contribution in [3.63, 3.8) is 0 Å². The lowest BCUT2D eigenvalue weighted by Crippen LogP contribution is -1.84. The van der Waals surface area contributed by atoms with Crippen molar-refractivity contribution < 1.29 is 9.90 Å². The van der Waals surface area contributed by atoms with E-state index in [0.29, 0.717) is 0 Å². The molecule has 0 amide bonds. The van der Waals surface area contributed by atoms with E-state index in [-0.39, 0.29) is 0 Å². The van der Waals surface area contributed by atoms with Crippen LogP contribution in [0.15, 0.2) is 73.9 Å². The number of hydrogen-bond acceptors (Lipinski definition) is 1. The van der Waals surface area contributed by atoms with Gasteiger partial charge in [0.15, 0.2) is 0 Å². The highest BCUT2D eigenvalue weighted by molar-refractivity contribution is 5.80. The molecule has 2 heteroatoms. The molecule has 0 aliphatic rings. The first-order valence-electron chi connectivity index (χ1n) is 5.07. The van der Waals surface area contributed by atoms with Crippen LogP contribution in [0.5, 0.6) is 0 Å². The normalized spacial score (nSPS) is 9.65. The second-order valence-corrected chi connectivity index (χ2v) is 2.94. The number of hydrogen-bond donors (Lipinski definition) is 1. The van der Waals surface area contributed by atoms with Crippen LogP contribution < -0.4 is 0 Å². The molecule has 0 aliphatic heterocycles. The minimum absolute atomic E-state index is 0.933. The summed E-state index contributed by atoms with van der Waals surface area (Å²) < 4.78 is 0. The van der Waals surface area contributed by atoms with Crippen molar-refractivity contribution in [2.75, 3.05) is 0 Å². The molecular weight excluding hydrogens is 212 g/mol. The number of aliphatic carboxylic acids is 1. The SMILES string of the molecule is C=CC=C.O=C(O)C=CC=Cc1ccccc1. The van der Waals surface area contributed by atoms with Gasteiger partial charge in [0.2, 0.25) is 0 Å². The molecule has 2 nitrogen and oxygen atoms in total. The zero-order chi connectivity index (χ0) is 12.9. The lowest BCUT2D eigenvalue weighted by atomic mass is 10.2. The number of allylic oxidation sites excluding steroid dienone is 4. The molecule has 0 unspecified atom stereocenters. The molecular formula is C15H16O2. The maximum atomic E-state index is 10.1. The Hall–Kier alpha value is -2.35. The highest BCUT2D eigenvalue weighted by Gasteiger charge is 1.82. The molecule has 0 saturated carbocycles. The van der Waals surface area contributed by atoms with Gasteiger partial charge in [-0.3, -0.25) is 0 Å². The van der Waals surface area contributed by atoms with E-state index >= 15 is 0 Å². The van der Waals surface area contributed by atoms with Crippen molar-refractivity contribution in [2.24, 2.45) is 0 Å². The molecule has 0 heterocycles. The molecule has 1 aromatic carbocycles. The quantitative estimate of drug-likeness (QED) is 0.630. The molecule has 0 spiro atoms. The van der Waals surface area contributed by atoms with Crippen molar-refractivity contribution in [3.05, 3.63) is 79.4 Å². The maximum Gasteiger partial charge on any atom is 0.328 e. The lowest BCUT2D eigenvalue weighted by molar-refractivity contribution is -0.131. The van der Waals surface area contributed by atoms with Gasteiger partial charge in [-0.1, -0.05) is 73.9 Å². The summed E-state index contributed by atoms with van der Waals surface area (Å²) in [6, 6.07) is 9.70. The summed E-state index contributed by atoms with van der Waals surface area (Å²) in [6.07, 6.45) is 9.41. The first-order valence-corrected chi connectivity index (χ1v) is 5.07. The van der Waals surface area contributed by atoms with Gasteiger partial charge >= 0.3 is 5.97 Å². The summed E-state index contributed by atoms with van der Waals surface area (Å²) >= 11 is 0. The van der Waals surface area contributed by atoms with E-state index < -0.39 is 5.97 Å². The molecule has 0 aliphatic carbocycles. The third-order valence-corrected chi connectivity index (χ3v) is 1.60. The molecule has 0 radical (unpaired) electrons. The Bertz CT molecular complexity index is 394. The van der Waals surface area contributed by atoms with Crippen LogP contribution in [0.2, 0.25) is 0 Å². The molecule has 1 aromatic rings. The van der Waals surface area contributed by atoms with E-state index in [1.165, 1.54) is 6.08 Å². The zero-order valence-corrected chi connectivity index (χ0v) is 9.62. The fourth-order valence-corrected chi connectivity index (χ4v) is 0.869. The van der Waals surface area contributed by atoms with E-state index in [1.807, 2.05) is 36.4 Å². The van der Waals surface area contributed by atoms with E-state index in [0.717, 1.165) is 11.6 Å². The van der Waals surface area contributed by atoms with Crippen LogP contribution in [-0.4, -0.2) is 11.1 Å². The Morgan fingerprint density at radius 3 is 2.12 bits per heavy atom. The summed E-state index contributed by atoms with van der Waals surface area (Å²) in [4.78, 5) is 10.1. The minimum atomic E-state index is -0.933. The first kappa shape index (κ1) is 14.6. The molecule has 0 fully saturated rings. The zero-order valence-electron chi connectivity index (χ0n) is 9.62. The summed E-state index contributed by atoms with van der Waals surface area (Å²) in [7, 11) is 0. The van der Waals surface area contributed by atoms with Crippen LogP contribution in [0.1, 0.15) is 5.56 Å². The Morgan fingerprint density at radius 1 is 1.06 bits per heavy atom. The van der Waals surface area contributed by atoms with Crippen molar-refractivity contribution in [1.82, 2.24) is 0 Å². The van der Waals surface area contributed by atoms with Gasteiger partial charge in [0.25, 0.3) is 0 Å². The van der Waals surface area contributed by atoms with Crippen molar-refractivity contribution in [2.45, 2.75) is 0 Å². The van der Waals surface area contributed by atoms with Gasteiger partial charge < -0.3 is 5.11 Å². The Balaban J connectivity index is 0.000000557. The summed E-state index contributed by atoms with van der Waals surface area (Å²) in [5.74, 6) is -0.933. The lowest BCUT2D eigenvalue weighted by Gasteiger charge is -1.87. The topological polar surface area (TPSA) is 37.3 Å². The molecule has 0 bridgehead atoms. The maximum absolute atomic E-state index is 10.1. The van der Waals surface area contributed by atoms with Gasteiger partial charge in [-0.15, -0.1) is 0 Å². The average Bonchev–Trinajstić information content (AvgIpc) is 2.36. The third-order valence-electron chi connectivity index (χ3n) is 1.60. The van der Waals surface area contributed by atoms with Crippen molar-refractivity contribution in [1.29, 1.82) is 0 Å². The Labute approximate surface area is 102 Å². The number of benzene rings is 1. The predicted molar refractivity (Wildman–Crippen MR) is 72.6 cm³/mol. The van der Waals surface area contributed by atoms with Gasteiger partial charge in [0.05, 0.1) is 0 Å². The molecule has 0 saturated heterocycles. The second kappa shape index (κ2) is 10.2. The van der Waals surface area contributed by atoms with E-state index in [2.05, 4.69) is 13.2 Å². The highest BCUT2D eigenvalue weighted by Crippen LogP contribution is 2.00. The van der Waals surface area contributed by atoms with Gasteiger partial charge in [-0.2, -0.15) is 0 Å². The standard InChI is InChI=1S/C11H10O2.C4H6/c12-11(13)9-5-4-8-10-6-2-1-3-7-10;1-3-4-2/h1-9H,(H,12,13);3-4H,1-2H2. The van der Waals surface area contributed by atoms with E-state index in [9.17, 15) is 4.79 Å². The molecule has 17 heavy (non-hydrogen) atoms. The van der Waals surface area contributed by atoms with Gasteiger partial charge in [-0.25, -0.2) is 4.79 Å². The minimum Gasteiger partial charge on any atom is -0.478 e. The number of carboxylic acid groups (broad SMARTS) is 1. The largest absolute Gasteiger partial charge is 0.478 e. The smallest absolute Gasteiger partial charge is 0.328 e. The van der Waals surface area contributed by atoms with Crippen LogP contribution >= 0.6 is 0 Å². The summed E-state index contributed by atoms with van der Waals surface area (Å²) in [5, 5.41) is 8.29. The van der Waals surface area contributed by atoms with Crippen LogP contribution in [0.4, 0.5) is 0 Å². The van der Waals surface area contributed by atoms with Crippen LogP contribution in [0.3, 0.4) is 0 Å². The molecule has 0 atom stereocenters. The van der Waals surface area contributed by atoms with Crippen molar-refractivity contribution in [3.8, 4) is 0 Å². The fourth-order valence-electron chi connectivity index (χ4n) is 0.869. The number of carboxylic acids is 1. The Kier molecular flexibility index (Phi) is 8.77. The van der Waals surface area contributed by atoms with Crippen LogP contribution in [-0.2, 0) is 4.79 Å². The van der Waals surface area contributed by atoms with Gasteiger partial charge in [0.1, 0.15) is 0 Å². The monoisotopic (exact) mass is 228 g/mol. The van der Waals surface area contributed by atoms with Crippen LogP contribution in [0.25, 0.3) is 6.08 Å². The van der Waals surface area contributed by atoms with Crippen LogP contribution in [0, 0.1) is 0 Å². The summed E-state index contributed by atoms with van der Waals surface area (Å²) in [6.45, 7) is 6.72. The van der Waals surface area contributed by atoms with Gasteiger partial charge in [-0.05, 0) is 5.56 Å². The highest BCUT2D eigenvalue weighted by atomic mass is 16.4. The second-order valence-electron chi connectivity index (χ2n) is 2.94. The van der Waals surface area contributed by atoms with Crippen molar-refractivity contribution >= 4 is 12.0 Å². The molecule has 1 N–H and O–H groups in total. The number of carbonyl (C=O) groups is 1. The molecule has 1 rings (SSSR count). The third kappa shape index (κ3) is 9.94. The average molecular weight is 228 g/mol. The summed E-state index contributed by atoms with van der Waals surface area (Å²) in [5.41, 5.74) is 1.05. The Morgan fingerprint density at radius 2 is 1.65 bits per heavy atom. The molecule has 88 valence electrons. The first-order chi connectivity index (χ1) is 8.20. The van der Waals surface area contributed by atoms with E-state index in [4.69, 9.17) is 5.11 Å². The molecule has 0 aromatic heterocycles. The van der Waals surface area contributed by atoms with E-state index in [1.54, 1.807) is 18.2 Å².